The fourth-order valence-electron chi connectivity index (χ4n) is 10.2. The van der Waals surface area contributed by atoms with Crippen LogP contribution >= 0.6 is 0 Å². The summed E-state index contributed by atoms with van der Waals surface area (Å²) in [6.07, 6.45) is 6.08. The minimum Gasteiger partial charge on any atom is -0.455 e. The number of nitrogens with zero attached hydrogens (tertiary/aromatic N) is 2. The van der Waals surface area contributed by atoms with Gasteiger partial charge in [-0.1, -0.05) is 139 Å². The van der Waals surface area contributed by atoms with Crippen molar-refractivity contribution < 1.29 is 4.42 Å². The lowest BCUT2D eigenvalue weighted by atomic mass is 9.44. The quantitative estimate of drug-likeness (QED) is 0.132. The van der Waals surface area contributed by atoms with Gasteiger partial charge in [0.1, 0.15) is 11.2 Å². The van der Waals surface area contributed by atoms with E-state index in [-0.39, 0.29) is 17.7 Å². The van der Waals surface area contributed by atoms with Gasteiger partial charge in [0.2, 0.25) is 0 Å². The lowest BCUT2D eigenvalue weighted by molar-refractivity contribution is 0.569. The molecule has 0 saturated carbocycles. The zero-order chi connectivity index (χ0) is 40.0. The van der Waals surface area contributed by atoms with Crippen molar-refractivity contribution in [3.63, 3.8) is 0 Å². The maximum atomic E-state index is 7.02. The average molecular weight is 751 g/mol. The van der Waals surface area contributed by atoms with Crippen LogP contribution in [0.1, 0.15) is 69.4 Å². The molecule has 0 unspecified atom stereocenters. The van der Waals surface area contributed by atoms with Crippen molar-refractivity contribution >= 4 is 95.4 Å². The highest BCUT2D eigenvalue weighted by molar-refractivity contribution is 6.90. The van der Waals surface area contributed by atoms with Gasteiger partial charge in [-0.3, -0.25) is 0 Å². The number of anilines is 3. The lowest BCUT2D eigenvalue weighted by Crippen LogP contribution is -2.57. The molecule has 0 fully saturated rings. The summed E-state index contributed by atoms with van der Waals surface area (Å²) in [5, 5.41) is 7.35. The summed E-state index contributed by atoms with van der Waals surface area (Å²) in [5.41, 5.74) is 19.3. The Labute approximate surface area is 341 Å². The van der Waals surface area contributed by atoms with Crippen LogP contribution in [0.25, 0.3) is 71.7 Å². The topological polar surface area (TPSA) is 21.3 Å². The first-order chi connectivity index (χ1) is 27.8. The minimum absolute atomic E-state index is 0.0548. The van der Waals surface area contributed by atoms with E-state index in [1.807, 2.05) is 12.2 Å². The first-order valence-corrected chi connectivity index (χ1v) is 20.7. The van der Waals surface area contributed by atoms with E-state index in [2.05, 4.69) is 187 Å². The smallest absolute Gasteiger partial charge is 0.333 e. The van der Waals surface area contributed by atoms with Gasteiger partial charge in [-0.2, -0.15) is 0 Å². The van der Waals surface area contributed by atoms with E-state index in [4.69, 9.17) is 4.42 Å². The number of allylic oxidation sites excluding steroid dienone is 2. The van der Waals surface area contributed by atoms with Gasteiger partial charge in [-0.15, -0.1) is 0 Å². The van der Waals surface area contributed by atoms with Crippen LogP contribution in [0.2, 0.25) is 0 Å². The first kappa shape index (κ1) is 35.0. The molecule has 4 heteroatoms. The molecule has 282 valence electrons. The number of fused-ring (bicyclic) bond motifs is 12. The van der Waals surface area contributed by atoms with Crippen LogP contribution in [0, 0.1) is 13.8 Å². The fraction of sp³-hybridized carbons (Fsp3) is 0.185. The summed E-state index contributed by atoms with van der Waals surface area (Å²) in [5.74, 6) is 0. The molecule has 0 amide bonds. The number of hydrogen-bond acceptors (Lipinski definition) is 2. The summed E-state index contributed by atoms with van der Waals surface area (Å²) >= 11 is 0. The zero-order valence-corrected chi connectivity index (χ0v) is 34.7. The molecule has 0 N–H and O–H groups in total. The lowest BCUT2D eigenvalue weighted by Gasteiger charge is -2.42. The van der Waals surface area contributed by atoms with Crippen LogP contribution in [-0.2, 0) is 10.8 Å². The van der Waals surface area contributed by atoms with Crippen LogP contribution in [0.3, 0.4) is 0 Å². The van der Waals surface area contributed by atoms with E-state index in [1.54, 1.807) is 0 Å². The summed E-state index contributed by atoms with van der Waals surface area (Å²) in [6, 6.07) is 41.5. The van der Waals surface area contributed by atoms with Gasteiger partial charge in [-0.05, 0) is 111 Å². The Kier molecular flexibility index (Phi) is 7.17. The second-order valence-electron chi connectivity index (χ2n) is 18.7. The van der Waals surface area contributed by atoms with E-state index >= 15 is 0 Å². The Bertz CT molecular complexity index is 3270. The normalized spacial score (nSPS) is 13.8. The van der Waals surface area contributed by atoms with Crippen molar-refractivity contribution in [1.82, 2.24) is 4.48 Å². The van der Waals surface area contributed by atoms with Crippen LogP contribution in [0.15, 0.2) is 132 Å². The van der Waals surface area contributed by atoms with Gasteiger partial charge in [0.15, 0.2) is 0 Å². The molecule has 2 aromatic heterocycles. The van der Waals surface area contributed by atoms with Crippen molar-refractivity contribution in [2.45, 2.75) is 66.2 Å². The number of aromatic nitrogens is 1. The Balaban J connectivity index is 1.38. The molecule has 0 spiro atoms. The summed E-state index contributed by atoms with van der Waals surface area (Å²) in [6.45, 7) is 22.5. The van der Waals surface area contributed by atoms with Gasteiger partial charge in [-0.25, -0.2) is 0 Å². The predicted molar refractivity (Wildman–Crippen MR) is 251 cm³/mol. The number of para-hydroxylation sites is 3. The van der Waals surface area contributed by atoms with Crippen LogP contribution in [-0.4, -0.2) is 11.3 Å². The SMILES string of the molecule is C=C/C=C\c1cc2cc3c(c(C)c2cc1C)N(c1cc(C(C)(C)C)cc(C(C)(C)C)c1)c1cc2c(oc4ccccc42)c2c1B3n1c3ccccc3c3cccc-2c31. The highest BCUT2D eigenvalue weighted by Crippen LogP contribution is 2.51. The molecule has 58 heavy (non-hydrogen) atoms. The highest BCUT2D eigenvalue weighted by atomic mass is 16.3. The van der Waals surface area contributed by atoms with Crippen LogP contribution in [0.4, 0.5) is 17.1 Å². The fourth-order valence-corrected chi connectivity index (χ4v) is 10.2. The number of furan rings is 1. The molecule has 9 aromatic rings. The Morgan fingerprint density at radius 1 is 0.690 bits per heavy atom. The molecule has 11 rings (SSSR count). The third-order valence-electron chi connectivity index (χ3n) is 13.1. The predicted octanol–water partition coefficient (Wildman–Crippen LogP) is 13.7. The van der Waals surface area contributed by atoms with E-state index < -0.39 is 0 Å². The monoisotopic (exact) mass is 750 g/mol. The van der Waals surface area contributed by atoms with Gasteiger partial charge in [0.25, 0.3) is 0 Å². The number of aryl methyl sites for hydroxylation is 2. The first-order valence-electron chi connectivity index (χ1n) is 20.7. The summed E-state index contributed by atoms with van der Waals surface area (Å²) in [4.78, 5) is 2.63. The molecular weight excluding hydrogens is 703 g/mol. The average Bonchev–Trinajstić information content (AvgIpc) is 3.74. The zero-order valence-electron chi connectivity index (χ0n) is 34.7. The molecular formula is C54H47BN2O. The molecule has 3 nitrogen and oxygen atoms in total. The van der Waals surface area contributed by atoms with Crippen LogP contribution < -0.4 is 15.8 Å². The largest absolute Gasteiger partial charge is 0.455 e. The Hall–Kier alpha value is -6.26. The molecule has 0 saturated heterocycles. The molecule has 4 heterocycles. The highest BCUT2D eigenvalue weighted by Gasteiger charge is 2.45. The van der Waals surface area contributed by atoms with E-state index in [9.17, 15) is 0 Å². The summed E-state index contributed by atoms with van der Waals surface area (Å²) < 4.78 is 9.67. The Morgan fingerprint density at radius 3 is 2.14 bits per heavy atom. The molecule has 7 aromatic carbocycles. The van der Waals surface area contributed by atoms with Crippen molar-refractivity contribution in [3.8, 4) is 11.1 Å². The van der Waals surface area contributed by atoms with Gasteiger partial charge >= 0.3 is 6.85 Å². The standard InChI is InChI=1S/C54H47BN2O/c1-10-11-17-33-25-34-26-44-50(32(3)42(34)24-31(33)2)56(37-28-35(53(4,5)6)27-36(29-37)54(7,8)9)46-30-43-39-19-13-15-23-47(39)58-52(43)48-41-21-16-20-40-38-18-12-14-22-45(38)57(51(40)41)55(44)49(46)48/h10-30H,1H2,2-9H3/b17-11-. The third kappa shape index (κ3) is 4.75. The van der Waals surface area contributed by atoms with Crippen molar-refractivity contribution in [2.24, 2.45) is 0 Å². The minimum atomic E-state index is -0.101. The number of benzene rings is 7. The second kappa shape index (κ2) is 11.9. The van der Waals surface area contributed by atoms with Gasteiger partial charge < -0.3 is 13.8 Å². The molecule has 0 aliphatic carbocycles. The van der Waals surface area contributed by atoms with Crippen molar-refractivity contribution in [1.29, 1.82) is 0 Å². The molecule has 2 aliphatic heterocycles. The molecule has 2 aliphatic rings. The number of rotatable bonds is 3. The van der Waals surface area contributed by atoms with E-state index in [0.29, 0.717) is 0 Å². The number of hydrogen-bond donors (Lipinski definition) is 0. The molecule has 0 bridgehead atoms. The second-order valence-corrected chi connectivity index (χ2v) is 18.7. The summed E-state index contributed by atoms with van der Waals surface area (Å²) in [7, 11) is 0. The van der Waals surface area contributed by atoms with Gasteiger partial charge in [0, 0.05) is 60.8 Å². The maximum absolute atomic E-state index is 7.02. The van der Waals surface area contributed by atoms with E-state index in [0.717, 1.165) is 21.9 Å². The molecule has 0 atom stereocenters. The maximum Gasteiger partial charge on any atom is 0.333 e. The Morgan fingerprint density at radius 2 is 1.40 bits per heavy atom. The van der Waals surface area contributed by atoms with Crippen molar-refractivity contribution in [3.05, 3.63) is 156 Å². The van der Waals surface area contributed by atoms with Crippen molar-refractivity contribution in [2.75, 3.05) is 4.90 Å². The van der Waals surface area contributed by atoms with E-state index in [1.165, 1.54) is 99.5 Å². The van der Waals surface area contributed by atoms with Gasteiger partial charge in [0.05, 0.1) is 0 Å². The molecule has 0 radical (unpaired) electrons. The van der Waals surface area contributed by atoms with Crippen LogP contribution in [0.5, 0.6) is 0 Å². The third-order valence-corrected chi connectivity index (χ3v) is 13.1.